The van der Waals surface area contributed by atoms with Crippen molar-refractivity contribution in [3.63, 3.8) is 0 Å². The monoisotopic (exact) mass is 439 g/mol. The molecule has 0 saturated heterocycles. The number of carbonyl (C=O) groups excluding carboxylic acids is 2. The van der Waals surface area contributed by atoms with Crippen LogP contribution in [0.2, 0.25) is 0 Å². The fraction of sp³-hybridized carbons (Fsp3) is 0.0909. The topological polar surface area (TPSA) is 128 Å². The van der Waals surface area contributed by atoms with Crippen molar-refractivity contribution in [3.05, 3.63) is 83.9 Å². The first-order valence-electron chi connectivity index (χ1n) is 9.22. The Bertz CT molecular complexity index is 1210. The molecule has 9 heteroatoms. The van der Waals surface area contributed by atoms with Gasteiger partial charge in [-0.2, -0.15) is 0 Å². The fourth-order valence-corrected chi connectivity index (χ4v) is 3.38. The molecular weight excluding hydrogens is 418 g/mol. The zero-order chi connectivity index (χ0) is 22.4. The van der Waals surface area contributed by atoms with Crippen LogP contribution in [0.15, 0.2) is 77.7 Å². The normalized spacial score (nSPS) is 10.9. The Labute approximate surface area is 180 Å². The van der Waals surface area contributed by atoms with Gasteiger partial charge in [-0.15, -0.1) is 0 Å². The van der Waals surface area contributed by atoms with Gasteiger partial charge in [0.1, 0.15) is 5.75 Å². The van der Waals surface area contributed by atoms with Crippen molar-refractivity contribution in [2.75, 3.05) is 17.7 Å². The van der Waals surface area contributed by atoms with Crippen molar-refractivity contribution < 1.29 is 22.7 Å². The Morgan fingerprint density at radius 3 is 2.32 bits per heavy atom. The standard InChI is InChI=1S/C22H21N3O5S/c1-30-17-6-4-5-16(14-17)24-22(27)19-7-2-3-8-20(19)25-21(26)13-15-9-11-18(12-10-15)31(23,28)29/h2-12,14H,13H2,1H3,(H,24,27)(H,25,26)(H2,23,28,29). The molecule has 0 bridgehead atoms. The smallest absolute Gasteiger partial charge is 0.257 e. The number of primary sulfonamides is 1. The van der Waals surface area contributed by atoms with E-state index in [0.717, 1.165) is 0 Å². The molecule has 0 saturated carbocycles. The lowest BCUT2D eigenvalue weighted by Crippen LogP contribution is -2.19. The van der Waals surface area contributed by atoms with Gasteiger partial charge in [0.2, 0.25) is 15.9 Å². The van der Waals surface area contributed by atoms with Crippen molar-refractivity contribution in [2.24, 2.45) is 5.14 Å². The van der Waals surface area contributed by atoms with Gasteiger partial charge < -0.3 is 15.4 Å². The number of ether oxygens (including phenoxy) is 1. The molecule has 31 heavy (non-hydrogen) atoms. The first kappa shape index (κ1) is 22.0. The zero-order valence-corrected chi connectivity index (χ0v) is 17.5. The summed E-state index contributed by atoms with van der Waals surface area (Å²) in [6.07, 6.45) is -0.00324. The van der Waals surface area contributed by atoms with E-state index < -0.39 is 10.0 Å². The Morgan fingerprint density at radius 2 is 1.65 bits per heavy atom. The average Bonchev–Trinajstić information content (AvgIpc) is 2.74. The van der Waals surface area contributed by atoms with Gasteiger partial charge in [0.05, 0.1) is 29.7 Å². The molecule has 0 spiro atoms. The molecule has 3 rings (SSSR count). The SMILES string of the molecule is COc1cccc(NC(=O)c2ccccc2NC(=O)Cc2ccc(S(N)(=O)=O)cc2)c1. The first-order chi connectivity index (χ1) is 14.8. The summed E-state index contributed by atoms with van der Waals surface area (Å²) >= 11 is 0. The van der Waals surface area contributed by atoms with Crippen molar-refractivity contribution in [1.29, 1.82) is 0 Å². The number of hydrogen-bond donors (Lipinski definition) is 3. The Kier molecular flexibility index (Phi) is 6.68. The van der Waals surface area contributed by atoms with E-state index in [1.54, 1.807) is 48.5 Å². The van der Waals surface area contributed by atoms with Crippen LogP contribution in [0.4, 0.5) is 11.4 Å². The van der Waals surface area contributed by atoms with Crippen LogP contribution < -0.4 is 20.5 Å². The zero-order valence-electron chi connectivity index (χ0n) is 16.7. The number of carbonyl (C=O) groups is 2. The summed E-state index contributed by atoms with van der Waals surface area (Å²) in [5, 5.41) is 10.6. The molecule has 3 aromatic rings. The Balaban J connectivity index is 1.71. The van der Waals surface area contributed by atoms with Crippen LogP contribution in [-0.2, 0) is 21.2 Å². The largest absolute Gasteiger partial charge is 0.497 e. The molecule has 0 aliphatic rings. The van der Waals surface area contributed by atoms with Crippen molar-refractivity contribution in [2.45, 2.75) is 11.3 Å². The minimum absolute atomic E-state index is 0.00324. The van der Waals surface area contributed by atoms with E-state index in [-0.39, 0.29) is 23.1 Å². The van der Waals surface area contributed by atoms with Gasteiger partial charge in [0.15, 0.2) is 0 Å². The predicted molar refractivity (Wildman–Crippen MR) is 118 cm³/mol. The highest BCUT2D eigenvalue weighted by molar-refractivity contribution is 7.89. The highest BCUT2D eigenvalue weighted by atomic mass is 32.2. The lowest BCUT2D eigenvalue weighted by atomic mass is 10.1. The van der Waals surface area contributed by atoms with Crippen LogP contribution >= 0.6 is 0 Å². The average molecular weight is 439 g/mol. The van der Waals surface area contributed by atoms with Gasteiger partial charge in [-0.3, -0.25) is 9.59 Å². The number of amides is 2. The third-order valence-corrected chi connectivity index (χ3v) is 5.32. The second-order valence-corrected chi connectivity index (χ2v) is 8.21. The maximum atomic E-state index is 12.7. The summed E-state index contributed by atoms with van der Waals surface area (Å²) in [6, 6.07) is 19.3. The van der Waals surface area contributed by atoms with Crippen LogP contribution in [0.5, 0.6) is 5.75 Å². The molecule has 3 aromatic carbocycles. The quantitative estimate of drug-likeness (QED) is 0.522. The summed E-state index contributed by atoms with van der Waals surface area (Å²) in [5.74, 6) is -0.139. The van der Waals surface area contributed by atoms with E-state index in [1.807, 2.05) is 0 Å². The minimum Gasteiger partial charge on any atom is -0.497 e. The lowest BCUT2D eigenvalue weighted by Gasteiger charge is -2.12. The number of sulfonamides is 1. The van der Waals surface area contributed by atoms with E-state index in [2.05, 4.69) is 10.6 Å². The maximum Gasteiger partial charge on any atom is 0.257 e. The number of benzene rings is 3. The number of anilines is 2. The molecule has 0 fully saturated rings. The molecule has 0 unspecified atom stereocenters. The van der Waals surface area contributed by atoms with Gasteiger partial charge in [0, 0.05) is 11.8 Å². The molecule has 0 aromatic heterocycles. The summed E-state index contributed by atoms with van der Waals surface area (Å²) in [4.78, 5) is 25.2. The number of para-hydroxylation sites is 1. The Hall–Kier alpha value is -3.69. The van der Waals surface area contributed by atoms with E-state index in [4.69, 9.17) is 9.88 Å². The molecule has 0 aliphatic heterocycles. The highest BCUT2D eigenvalue weighted by Gasteiger charge is 2.14. The van der Waals surface area contributed by atoms with Crippen LogP contribution in [-0.4, -0.2) is 27.3 Å². The van der Waals surface area contributed by atoms with Crippen LogP contribution in [0.3, 0.4) is 0 Å². The van der Waals surface area contributed by atoms with Gasteiger partial charge in [-0.1, -0.05) is 30.3 Å². The molecule has 2 amide bonds. The van der Waals surface area contributed by atoms with Crippen molar-refractivity contribution >= 4 is 33.2 Å². The van der Waals surface area contributed by atoms with E-state index in [9.17, 15) is 18.0 Å². The highest BCUT2D eigenvalue weighted by Crippen LogP contribution is 2.21. The number of nitrogens with one attached hydrogen (secondary N) is 2. The number of rotatable bonds is 7. The van der Waals surface area contributed by atoms with Crippen LogP contribution in [0.25, 0.3) is 0 Å². The Morgan fingerprint density at radius 1 is 0.935 bits per heavy atom. The maximum absolute atomic E-state index is 12.7. The molecule has 0 heterocycles. The molecule has 8 nitrogen and oxygen atoms in total. The number of hydrogen-bond acceptors (Lipinski definition) is 5. The second kappa shape index (κ2) is 9.41. The molecule has 0 atom stereocenters. The number of methoxy groups -OCH3 is 1. The van der Waals surface area contributed by atoms with Crippen molar-refractivity contribution in [3.8, 4) is 5.75 Å². The fourth-order valence-electron chi connectivity index (χ4n) is 2.87. The van der Waals surface area contributed by atoms with Crippen LogP contribution in [0.1, 0.15) is 15.9 Å². The molecule has 4 N–H and O–H groups in total. The summed E-state index contributed by atoms with van der Waals surface area (Å²) in [7, 11) is -2.26. The van der Waals surface area contributed by atoms with Crippen molar-refractivity contribution in [1.82, 2.24) is 0 Å². The molecule has 0 radical (unpaired) electrons. The third kappa shape index (κ3) is 5.91. The van der Waals surface area contributed by atoms with Gasteiger partial charge in [-0.25, -0.2) is 13.6 Å². The summed E-state index contributed by atoms with van der Waals surface area (Å²) < 4.78 is 27.8. The lowest BCUT2D eigenvalue weighted by molar-refractivity contribution is -0.115. The molecule has 0 aliphatic carbocycles. The second-order valence-electron chi connectivity index (χ2n) is 6.65. The third-order valence-electron chi connectivity index (χ3n) is 4.39. The molecular formula is C22H21N3O5S. The molecule has 160 valence electrons. The minimum atomic E-state index is -3.79. The van der Waals surface area contributed by atoms with Gasteiger partial charge >= 0.3 is 0 Å². The summed E-state index contributed by atoms with van der Waals surface area (Å²) in [6.45, 7) is 0. The van der Waals surface area contributed by atoms with E-state index in [0.29, 0.717) is 28.3 Å². The van der Waals surface area contributed by atoms with Gasteiger partial charge in [-0.05, 0) is 42.0 Å². The van der Waals surface area contributed by atoms with Gasteiger partial charge in [0.25, 0.3) is 5.91 Å². The summed E-state index contributed by atoms with van der Waals surface area (Å²) in [5.41, 5.74) is 1.81. The predicted octanol–water partition coefficient (Wildman–Crippen LogP) is 2.78. The van der Waals surface area contributed by atoms with E-state index in [1.165, 1.54) is 31.4 Å². The van der Waals surface area contributed by atoms with E-state index >= 15 is 0 Å². The first-order valence-corrected chi connectivity index (χ1v) is 10.8. The number of nitrogens with two attached hydrogens (primary N) is 1. The van der Waals surface area contributed by atoms with Crippen LogP contribution in [0, 0.1) is 0 Å².